The van der Waals surface area contributed by atoms with E-state index in [0.29, 0.717) is 0 Å². The summed E-state index contributed by atoms with van der Waals surface area (Å²) < 4.78 is 0. The van der Waals surface area contributed by atoms with E-state index in [1.165, 1.54) is 55.3 Å². The first-order chi connectivity index (χ1) is 29.3. The largest absolute Gasteiger partial charge is 0.309 e. The molecule has 0 unspecified atom stereocenters. The lowest BCUT2D eigenvalue weighted by molar-refractivity contribution is 1.28. The molecule has 0 radical (unpaired) electrons. The lowest BCUT2D eigenvalue weighted by Gasteiger charge is -2.30. The topological polar surface area (TPSA) is 3.24 Å². The van der Waals surface area contributed by atoms with Crippen LogP contribution in [0.4, 0.5) is 17.1 Å². The van der Waals surface area contributed by atoms with Crippen molar-refractivity contribution in [1.82, 2.24) is 0 Å². The molecule has 0 atom stereocenters. The summed E-state index contributed by atoms with van der Waals surface area (Å²) in [6.07, 6.45) is 0. The summed E-state index contributed by atoms with van der Waals surface area (Å²) in [5, 5.41) is 2.49. The van der Waals surface area contributed by atoms with Crippen molar-refractivity contribution in [2.24, 2.45) is 0 Å². The second kappa shape index (κ2) is 16.0. The molecule has 10 aromatic carbocycles. The highest BCUT2D eigenvalue weighted by atomic mass is 15.1. The minimum atomic E-state index is 1.08. The van der Waals surface area contributed by atoms with Crippen molar-refractivity contribution in [2.45, 2.75) is 0 Å². The summed E-state index contributed by atoms with van der Waals surface area (Å²) in [6.45, 7) is 0. The third-order valence-electron chi connectivity index (χ3n) is 11.3. The molecule has 278 valence electrons. The first-order valence-electron chi connectivity index (χ1n) is 20.3. The maximum absolute atomic E-state index is 2.44. The number of hydrogen-bond acceptors (Lipinski definition) is 1. The summed E-state index contributed by atoms with van der Waals surface area (Å²) in [5.41, 5.74) is 17.5. The van der Waals surface area contributed by atoms with Crippen LogP contribution >= 0.6 is 0 Å². The van der Waals surface area contributed by atoms with Gasteiger partial charge in [-0.05, 0) is 109 Å². The SMILES string of the molecule is c1ccc(-c2cccc(-c3ccc(N(c4ccccc4-c4cccc(-c5ccccc5)c4)c4ccccc4-c4cccc(-c5cccc6ccccc56)c4)cc3)c2)cc1. The van der Waals surface area contributed by atoms with Gasteiger partial charge in [-0.15, -0.1) is 0 Å². The van der Waals surface area contributed by atoms with Crippen LogP contribution in [0.1, 0.15) is 0 Å². The number of anilines is 3. The predicted molar refractivity (Wildman–Crippen MR) is 251 cm³/mol. The molecule has 0 bridgehead atoms. The van der Waals surface area contributed by atoms with Gasteiger partial charge in [0.25, 0.3) is 0 Å². The zero-order valence-electron chi connectivity index (χ0n) is 32.6. The van der Waals surface area contributed by atoms with Gasteiger partial charge in [-0.2, -0.15) is 0 Å². The Balaban J connectivity index is 1.12. The van der Waals surface area contributed by atoms with Crippen molar-refractivity contribution in [3.05, 3.63) is 249 Å². The van der Waals surface area contributed by atoms with Crippen LogP contribution in [0.2, 0.25) is 0 Å². The van der Waals surface area contributed by atoms with Gasteiger partial charge in [0, 0.05) is 16.8 Å². The molecule has 0 spiro atoms. The fraction of sp³-hybridized carbons (Fsp3) is 0. The van der Waals surface area contributed by atoms with Crippen molar-refractivity contribution in [3.63, 3.8) is 0 Å². The maximum atomic E-state index is 2.44. The summed E-state index contributed by atoms with van der Waals surface area (Å²) in [5.74, 6) is 0. The van der Waals surface area contributed by atoms with Gasteiger partial charge in [0.1, 0.15) is 0 Å². The Bertz CT molecular complexity index is 3030. The molecule has 10 rings (SSSR count). The molecule has 0 aliphatic heterocycles. The number of benzene rings is 10. The molecule has 59 heavy (non-hydrogen) atoms. The Morgan fingerprint density at radius 1 is 0.220 bits per heavy atom. The van der Waals surface area contributed by atoms with E-state index in [1.807, 2.05) is 0 Å². The Hall–Kier alpha value is -7.74. The van der Waals surface area contributed by atoms with E-state index in [9.17, 15) is 0 Å². The third-order valence-corrected chi connectivity index (χ3v) is 11.3. The van der Waals surface area contributed by atoms with E-state index in [0.717, 1.165) is 39.3 Å². The van der Waals surface area contributed by atoms with Crippen LogP contribution in [0, 0.1) is 0 Å². The van der Waals surface area contributed by atoms with Crippen LogP contribution < -0.4 is 4.90 Å². The first-order valence-corrected chi connectivity index (χ1v) is 20.3. The minimum absolute atomic E-state index is 1.08. The highest BCUT2D eigenvalue weighted by Gasteiger charge is 2.21. The van der Waals surface area contributed by atoms with E-state index in [-0.39, 0.29) is 0 Å². The van der Waals surface area contributed by atoms with Gasteiger partial charge >= 0.3 is 0 Å². The average Bonchev–Trinajstić information content (AvgIpc) is 3.33. The first kappa shape index (κ1) is 35.7. The Morgan fingerprint density at radius 3 is 1.15 bits per heavy atom. The van der Waals surface area contributed by atoms with Crippen molar-refractivity contribution in [2.75, 3.05) is 4.90 Å². The molecular formula is C58H41N. The molecule has 1 nitrogen and oxygen atoms in total. The number of rotatable bonds is 9. The van der Waals surface area contributed by atoms with Gasteiger partial charge in [-0.1, -0.05) is 206 Å². The van der Waals surface area contributed by atoms with Crippen molar-refractivity contribution < 1.29 is 0 Å². The second-order valence-electron chi connectivity index (χ2n) is 14.9. The molecule has 0 heterocycles. The van der Waals surface area contributed by atoms with E-state index < -0.39 is 0 Å². The van der Waals surface area contributed by atoms with Gasteiger partial charge in [0.15, 0.2) is 0 Å². The number of hydrogen-bond donors (Lipinski definition) is 0. The summed E-state index contributed by atoms with van der Waals surface area (Å²) >= 11 is 0. The number of para-hydroxylation sites is 2. The van der Waals surface area contributed by atoms with Crippen molar-refractivity contribution in [1.29, 1.82) is 0 Å². The lowest BCUT2D eigenvalue weighted by Crippen LogP contribution is -2.12. The molecular weight excluding hydrogens is 711 g/mol. The fourth-order valence-electron chi connectivity index (χ4n) is 8.37. The summed E-state index contributed by atoms with van der Waals surface area (Å²) in [7, 11) is 0. The molecule has 0 fully saturated rings. The molecule has 0 aliphatic rings. The summed E-state index contributed by atoms with van der Waals surface area (Å²) in [4.78, 5) is 2.44. The predicted octanol–water partition coefficient (Wildman–Crippen LogP) is 16.3. The zero-order chi connectivity index (χ0) is 39.4. The van der Waals surface area contributed by atoms with E-state index in [4.69, 9.17) is 0 Å². The lowest BCUT2D eigenvalue weighted by atomic mass is 9.93. The maximum Gasteiger partial charge on any atom is 0.0540 e. The Kier molecular flexibility index (Phi) is 9.68. The van der Waals surface area contributed by atoms with Crippen LogP contribution in [-0.2, 0) is 0 Å². The van der Waals surface area contributed by atoms with Crippen LogP contribution in [0.25, 0.3) is 77.5 Å². The zero-order valence-corrected chi connectivity index (χ0v) is 32.6. The van der Waals surface area contributed by atoms with Crippen LogP contribution in [0.5, 0.6) is 0 Å². The van der Waals surface area contributed by atoms with Crippen molar-refractivity contribution in [3.8, 4) is 66.8 Å². The highest BCUT2D eigenvalue weighted by Crippen LogP contribution is 2.46. The number of fused-ring (bicyclic) bond motifs is 1. The second-order valence-corrected chi connectivity index (χ2v) is 14.9. The molecule has 0 saturated heterocycles. The fourth-order valence-corrected chi connectivity index (χ4v) is 8.37. The van der Waals surface area contributed by atoms with Crippen molar-refractivity contribution >= 4 is 27.8 Å². The quantitative estimate of drug-likeness (QED) is 0.142. The minimum Gasteiger partial charge on any atom is -0.309 e. The van der Waals surface area contributed by atoms with E-state index in [2.05, 4.69) is 254 Å². The van der Waals surface area contributed by atoms with E-state index >= 15 is 0 Å². The highest BCUT2D eigenvalue weighted by molar-refractivity contribution is 5.99. The smallest absolute Gasteiger partial charge is 0.0540 e. The summed E-state index contributed by atoms with van der Waals surface area (Å²) in [6, 6.07) is 89.9. The number of nitrogens with zero attached hydrogens (tertiary/aromatic N) is 1. The monoisotopic (exact) mass is 751 g/mol. The van der Waals surface area contributed by atoms with Gasteiger partial charge < -0.3 is 4.90 Å². The molecule has 0 saturated carbocycles. The van der Waals surface area contributed by atoms with Crippen LogP contribution in [0.15, 0.2) is 249 Å². The molecule has 0 aliphatic carbocycles. The van der Waals surface area contributed by atoms with Gasteiger partial charge in [-0.3, -0.25) is 0 Å². The van der Waals surface area contributed by atoms with Gasteiger partial charge in [0.05, 0.1) is 11.4 Å². The Morgan fingerprint density at radius 2 is 0.576 bits per heavy atom. The molecule has 10 aromatic rings. The van der Waals surface area contributed by atoms with Gasteiger partial charge in [0.2, 0.25) is 0 Å². The standard InChI is InChI=1S/C58H41N/c1-3-17-42(18-4-1)46-23-13-24-47(39-46)44-35-37-52(38-36-44)59(57-33-11-9-30-55(57)50-27-14-25-48(40-50)43-19-5-2-6-20-43)58-34-12-10-31-56(58)51-28-15-26-49(41-51)54-32-16-22-45-21-7-8-29-53(45)54/h1-41H. The molecule has 0 amide bonds. The molecule has 1 heteroatoms. The Labute approximate surface area is 346 Å². The third kappa shape index (κ3) is 7.23. The van der Waals surface area contributed by atoms with E-state index in [1.54, 1.807) is 0 Å². The molecule has 0 aromatic heterocycles. The van der Waals surface area contributed by atoms with Crippen LogP contribution in [-0.4, -0.2) is 0 Å². The average molecular weight is 752 g/mol. The van der Waals surface area contributed by atoms with Gasteiger partial charge in [-0.25, -0.2) is 0 Å². The van der Waals surface area contributed by atoms with Crippen LogP contribution in [0.3, 0.4) is 0 Å². The molecule has 0 N–H and O–H groups in total. The normalized spacial score (nSPS) is 11.1.